The fraction of sp³-hybridized carbons (Fsp3) is 0.429. The second-order valence-electron chi connectivity index (χ2n) is 11.8. The van der Waals surface area contributed by atoms with Gasteiger partial charge in [-0.15, -0.1) is 0 Å². The number of fused-ring (bicyclic) bond motifs is 2. The molecule has 190 valence electrons. The van der Waals surface area contributed by atoms with Crippen LogP contribution in [0, 0.1) is 0 Å². The summed E-state index contributed by atoms with van der Waals surface area (Å²) >= 11 is 0. The molecule has 0 aromatic heterocycles. The Morgan fingerprint density at radius 3 is 1.35 bits per heavy atom. The molecule has 0 N–H and O–H groups in total. The molecule has 2 saturated carbocycles. The third kappa shape index (κ3) is 4.29. The van der Waals surface area contributed by atoms with Crippen LogP contribution in [-0.2, 0) is 0 Å². The number of rotatable bonds is 4. The normalized spacial score (nSPS) is 19.8. The van der Waals surface area contributed by atoms with Gasteiger partial charge in [0.2, 0.25) is 0 Å². The molecule has 37 heavy (non-hydrogen) atoms. The molecule has 7 rings (SSSR count). The maximum atomic E-state index is 2.72. The first kappa shape index (κ1) is 23.1. The first-order chi connectivity index (χ1) is 18.4. The summed E-state index contributed by atoms with van der Waals surface area (Å²) in [7, 11) is 0. The molecule has 4 aromatic carbocycles. The molecule has 1 saturated heterocycles. The highest BCUT2D eigenvalue weighted by atomic mass is 15.4. The van der Waals surface area contributed by atoms with Gasteiger partial charge in [-0.1, -0.05) is 111 Å². The lowest BCUT2D eigenvalue weighted by Gasteiger charge is -2.32. The van der Waals surface area contributed by atoms with Gasteiger partial charge in [0.1, 0.15) is 0 Å². The van der Waals surface area contributed by atoms with Crippen LogP contribution in [0.3, 0.4) is 0 Å². The van der Waals surface area contributed by atoms with E-state index in [9.17, 15) is 0 Å². The van der Waals surface area contributed by atoms with E-state index in [0.29, 0.717) is 11.8 Å². The molecular formula is C35H40N2. The fourth-order valence-corrected chi connectivity index (χ4v) is 7.69. The molecule has 2 aliphatic carbocycles. The lowest BCUT2D eigenvalue weighted by Crippen LogP contribution is -2.27. The number of nitrogens with zero attached hydrogens (tertiary/aromatic N) is 2. The van der Waals surface area contributed by atoms with Gasteiger partial charge in [-0.25, -0.2) is 0 Å². The molecule has 3 fully saturated rings. The van der Waals surface area contributed by atoms with Crippen molar-refractivity contribution >= 4 is 32.9 Å². The van der Waals surface area contributed by atoms with Crippen molar-refractivity contribution in [3.05, 3.63) is 83.9 Å². The Hall–Kier alpha value is -3.00. The molecule has 0 atom stereocenters. The monoisotopic (exact) mass is 488 g/mol. The van der Waals surface area contributed by atoms with Crippen LogP contribution >= 0.6 is 0 Å². The van der Waals surface area contributed by atoms with Gasteiger partial charge in [0, 0.05) is 35.2 Å². The standard InChI is InChI=1S/C35H40N2/c1-3-11-26(12-4-1)32-21-19-28-15-7-9-17-30(28)34(32)36-23-24-37(25-36)35-31-18-10-8-16-29(31)20-22-33(35)27-13-5-2-6-14-27/h7-10,15-22,26-27H,1-6,11-14,23-25H2. The summed E-state index contributed by atoms with van der Waals surface area (Å²) in [5.41, 5.74) is 6.25. The Kier molecular flexibility index (Phi) is 6.28. The molecule has 3 aliphatic rings. The molecule has 0 bridgehead atoms. The van der Waals surface area contributed by atoms with Crippen LogP contribution < -0.4 is 9.80 Å². The third-order valence-electron chi connectivity index (χ3n) is 9.57. The van der Waals surface area contributed by atoms with E-state index in [1.165, 1.54) is 97.1 Å². The molecule has 4 aromatic rings. The van der Waals surface area contributed by atoms with E-state index < -0.39 is 0 Å². The van der Waals surface area contributed by atoms with Gasteiger partial charge in [0.05, 0.1) is 6.67 Å². The topological polar surface area (TPSA) is 6.48 Å². The van der Waals surface area contributed by atoms with E-state index >= 15 is 0 Å². The van der Waals surface area contributed by atoms with Crippen molar-refractivity contribution < 1.29 is 0 Å². The molecular weight excluding hydrogens is 448 g/mol. The molecule has 2 nitrogen and oxygen atoms in total. The highest BCUT2D eigenvalue weighted by molar-refractivity contribution is 5.98. The van der Waals surface area contributed by atoms with Crippen molar-refractivity contribution in [2.24, 2.45) is 0 Å². The summed E-state index contributed by atoms with van der Waals surface area (Å²) < 4.78 is 0. The van der Waals surface area contributed by atoms with Crippen molar-refractivity contribution in [3.63, 3.8) is 0 Å². The molecule has 1 heterocycles. The van der Waals surface area contributed by atoms with E-state index in [-0.39, 0.29) is 0 Å². The van der Waals surface area contributed by atoms with Crippen LogP contribution in [0.1, 0.15) is 87.2 Å². The van der Waals surface area contributed by atoms with E-state index in [1.54, 1.807) is 11.1 Å². The summed E-state index contributed by atoms with van der Waals surface area (Å²) in [6.45, 7) is 3.18. The maximum absolute atomic E-state index is 2.72. The smallest absolute Gasteiger partial charge is 0.0904 e. The second kappa shape index (κ2) is 10.0. The van der Waals surface area contributed by atoms with Crippen LogP contribution in [0.15, 0.2) is 72.8 Å². The van der Waals surface area contributed by atoms with Crippen LogP contribution in [0.4, 0.5) is 11.4 Å². The zero-order chi connectivity index (χ0) is 24.6. The molecule has 0 radical (unpaired) electrons. The largest absolute Gasteiger partial charge is 0.351 e. The lowest BCUT2D eigenvalue weighted by molar-refractivity contribution is 0.443. The number of hydrogen-bond acceptors (Lipinski definition) is 2. The van der Waals surface area contributed by atoms with Gasteiger partial charge in [0.15, 0.2) is 0 Å². The van der Waals surface area contributed by atoms with Crippen LogP contribution in [-0.4, -0.2) is 19.8 Å². The van der Waals surface area contributed by atoms with Crippen molar-refractivity contribution in [2.45, 2.75) is 76.0 Å². The first-order valence-corrected chi connectivity index (χ1v) is 14.9. The fourth-order valence-electron chi connectivity index (χ4n) is 7.69. The highest BCUT2D eigenvalue weighted by Gasteiger charge is 2.30. The Balaban J connectivity index is 1.30. The van der Waals surface area contributed by atoms with Crippen LogP contribution in [0.2, 0.25) is 0 Å². The van der Waals surface area contributed by atoms with Crippen molar-refractivity contribution in [1.82, 2.24) is 0 Å². The average Bonchev–Trinajstić information content (AvgIpc) is 3.46. The summed E-state index contributed by atoms with van der Waals surface area (Å²) in [5.74, 6) is 1.41. The van der Waals surface area contributed by atoms with Crippen molar-refractivity contribution in [2.75, 3.05) is 29.6 Å². The minimum atomic E-state index is 0.706. The maximum Gasteiger partial charge on any atom is 0.0904 e. The van der Waals surface area contributed by atoms with Gasteiger partial charge >= 0.3 is 0 Å². The number of anilines is 2. The van der Waals surface area contributed by atoms with E-state index in [4.69, 9.17) is 0 Å². The predicted octanol–water partition coefficient (Wildman–Crippen LogP) is 9.37. The van der Waals surface area contributed by atoms with Gasteiger partial charge < -0.3 is 9.80 Å². The van der Waals surface area contributed by atoms with E-state index in [1.807, 2.05) is 0 Å². The Labute approximate surface area is 222 Å². The van der Waals surface area contributed by atoms with Gasteiger partial charge in [0.25, 0.3) is 0 Å². The molecule has 2 heteroatoms. The summed E-state index contributed by atoms with van der Waals surface area (Å²) in [5, 5.41) is 5.64. The van der Waals surface area contributed by atoms with Gasteiger partial charge in [-0.3, -0.25) is 0 Å². The Morgan fingerprint density at radius 1 is 0.459 bits per heavy atom. The average molecular weight is 489 g/mol. The number of benzene rings is 4. The SMILES string of the molecule is c1ccc2c(N3CCN(c4c(C5CCCCC5)ccc5ccccc45)C3)c(C3CCCCC3)ccc2c1. The highest BCUT2D eigenvalue weighted by Crippen LogP contribution is 2.45. The second-order valence-corrected chi connectivity index (χ2v) is 11.8. The van der Waals surface area contributed by atoms with E-state index in [2.05, 4.69) is 82.6 Å². The quantitative estimate of drug-likeness (QED) is 0.282. The number of hydrogen-bond donors (Lipinski definition) is 0. The minimum Gasteiger partial charge on any atom is -0.351 e. The van der Waals surface area contributed by atoms with Gasteiger partial charge in [-0.05, 0) is 59.4 Å². The summed E-state index contributed by atoms with van der Waals surface area (Å²) in [6, 6.07) is 27.9. The zero-order valence-electron chi connectivity index (χ0n) is 22.2. The third-order valence-corrected chi connectivity index (χ3v) is 9.57. The van der Waals surface area contributed by atoms with Crippen LogP contribution in [0.5, 0.6) is 0 Å². The molecule has 0 amide bonds. The Morgan fingerprint density at radius 2 is 0.892 bits per heavy atom. The first-order valence-electron chi connectivity index (χ1n) is 14.9. The van der Waals surface area contributed by atoms with Crippen molar-refractivity contribution in [1.29, 1.82) is 0 Å². The van der Waals surface area contributed by atoms with Gasteiger partial charge in [-0.2, -0.15) is 0 Å². The van der Waals surface area contributed by atoms with Crippen LogP contribution in [0.25, 0.3) is 21.5 Å². The molecule has 0 unspecified atom stereocenters. The Bertz CT molecular complexity index is 1290. The predicted molar refractivity (Wildman–Crippen MR) is 159 cm³/mol. The van der Waals surface area contributed by atoms with Crippen molar-refractivity contribution in [3.8, 4) is 0 Å². The molecule has 1 aliphatic heterocycles. The zero-order valence-corrected chi connectivity index (χ0v) is 22.2. The molecule has 0 spiro atoms. The minimum absolute atomic E-state index is 0.706. The summed E-state index contributed by atoms with van der Waals surface area (Å²) in [6.07, 6.45) is 13.7. The lowest BCUT2D eigenvalue weighted by atomic mass is 9.82. The summed E-state index contributed by atoms with van der Waals surface area (Å²) in [4.78, 5) is 5.44. The van der Waals surface area contributed by atoms with E-state index in [0.717, 1.165) is 19.8 Å².